The molecular formula is C27H32O8S2. The molecule has 8 nitrogen and oxygen atoms in total. The summed E-state index contributed by atoms with van der Waals surface area (Å²) in [5.41, 5.74) is 1.85. The topological polar surface area (TPSA) is 105 Å². The van der Waals surface area contributed by atoms with Gasteiger partial charge in [0.1, 0.15) is 5.60 Å². The molecule has 0 saturated carbocycles. The average Bonchev–Trinajstić information content (AvgIpc) is 2.88. The predicted octanol–water partition coefficient (Wildman–Crippen LogP) is 3.72. The zero-order chi connectivity index (χ0) is 26.8. The van der Waals surface area contributed by atoms with E-state index < -0.39 is 31.9 Å². The Bertz CT molecular complexity index is 1200. The summed E-state index contributed by atoms with van der Waals surface area (Å²) in [5.74, 6) is 0. The summed E-state index contributed by atoms with van der Waals surface area (Å²) in [6.45, 7) is -0.317. The molecule has 0 heterocycles. The van der Waals surface area contributed by atoms with Crippen molar-refractivity contribution >= 4 is 20.2 Å². The maximum Gasteiger partial charge on any atom is 0.264 e. The van der Waals surface area contributed by atoms with Gasteiger partial charge in [-0.1, -0.05) is 91.0 Å². The Hall–Kier alpha value is -2.60. The van der Waals surface area contributed by atoms with Gasteiger partial charge in [-0.3, -0.25) is 8.37 Å². The first kappa shape index (κ1) is 29.0. The monoisotopic (exact) mass is 548 g/mol. The SMILES string of the molecule is CS(=O)(=O)OCCOC(CCOC(c1ccccc1)(c1ccccc1)c1ccccc1)COS(C)(=O)=O. The van der Waals surface area contributed by atoms with Crippen molar-refractivity contribution in [2.45, 2.75) is 18.1 Å². The summed E-state index contributed by atoms with van der Waals surface area (Å²) in [4.78, 5) is 0. The molecular weight excluding hydrogens is 516 g/mol. The number of ether oxygens (including phenoxy) is 2. The van der Waals surface area contributed by atoms with Gasteiger partial charge in [-0.2, -0.15) is 16.8 Å². The molecule has 0 spiro atoms. The molecule has 0 bridgehead atoms. The molecule has 1 unspecified atom stereocenters. The third kappa shape index (κ3) is 9.03. The minimum atomic E-state index is -3.70. The van der Waals surface area contributed by atoms with Crippen LogP contribution in [0.1, 0.15) is 23.1 Å². The van der Waals surface area contributed by atoms with Crippen LogP contribution in [0, 0.1) is 0 Å². The third-order valence-corrected chi connectivity index (χ3v) is 6.66. The highest BCUT2D eigenvalue weighted by atomic mass is 32.2. The van der Waals surface area contributed by atoms with E-state index in [-0.39, 0.29) is 32.8 Å². The lowest BCUT2D eigenvalue weighted by atomic mass is 9.80. The van der Waals surface area contributed by atoms with Crippen LogP contribution in [-0.2, 0) is 43.7 Å². The van der Waals surface area contributed by atoms with E-state index >= 15 is 0 Å². The van der Waals surface area contributed by atoms with E-state index in [1.165, 1.54) is 0 Å². The quantitative estimate of drug-likeness (QED) is 0.161. The minimum absolute atomic E-state index is 0.0634. The van der Waals surface area contributed by atoms with Crippen LogP contribution < -0.4 is 0 Å². The lowest BCUT2D eigenvalue weighted by Crippen LogP contribution is -2.35. The fourth-order valence-corrected chi connectivity index (χ4v) is 4.70. The van der Waals surface area contributed by atoms with E-state index in [4.69, 9.17) is 17.8 Å². The van der Waals surface area contributed by atoms with Crippen LogP contribution in [0.4, 0.5) is 0 Å². The van der Waals surface area contributed by atoms with Crippen LogP contribution in [0.2, 0.25) is 0 Å². The van der Waals surface area contributed by atoms with Crippen LogP contribution in [0.3, 0.4) is 0 Å². The number of hydrogen-bond donors (Lipinski definition) is 0. The van der Waals surface area contributed by atoms with Crippen molar-refractivity contribution in [1.82, 2.24) is 0 Å². The summed E-state index contributed by atoms with van der Waals surface area (Å²) in [7, 11) is -7.32. The lowest BCUT2D eigenvalue weighted by molar-refractivity contribution is -0.0390. The van der Waals surface area contributed by atoms with Crippen LogP contribution in [-0.4, -0.2) is 61.9 Å². The van der Waals surface area contributed by atoms with E-state index in [0.29, 0.717) is 0 Å². The molecule has 200 valence electrons. The zero-order valence-corrected chi connectivity index (χ0v) is 22.5. The smallest absolute Gasteiger partial charge is 0.264 e. The van der Waals surface area contributed by atoms with E-state index in [2.05, 4.69) is 0 Å². The highest BCUT2D eigenvalue weighted by Gasteiger charge is 2.37. The van der Waals surface area contributed by atoms with Gasteiger partial charge in [-0.05, 0) is 23.1 Å². The first-order valence-corrected chi connectivity index (χ1v) is 15.3. The largest absolute Gasteiger partial charge is 0.373 e. The third-order valence-electron chi connectivity index (χ3n) is 5.50. The summed E-state index contributed by atoms with van der Waals surface area (Å²) in [6.07, 6.45) is 1.50. The maximum atomic E-state index is 11.6. The fraction of sp³-hybridized carbons (Fsp3) is 0.333. The van der Waals surface area contributed by atoms with Crippen LogP contribution in [0.5, 0.6) is 0 Å². The minimum Gasteiger partial charge on any atom is -0.373 e. The fourth-order valence-electron chi connectivity index (χ4n) is 3.93. The summed E-state index contributed by atoms with van der Waals surface area (Å²) < 4.78 is 67.7. The van der Waals surface area contributed by atoms with E-state index in [1.807, 2.05) is 91.0 Å². The van der Waals surface area contributed by atoms with Gasteiger partial charge >= 0.3 is 0 Å². The molecule has 10 heteroatoms. The molecule has 0 aromatic heterocycles. The maximum absolute atomic E-state index is 11.6. The second kappa shape index (κ2) is 13.3. The van der Waals surface area contributed by atoms with E-state index in [1.54, 1.807) is 0 Å². The molecule has 3 rings (SSSR count). The Labute approximate surface area is 219 Å². The molecule has 3 aromatic carbocycles. The molecule has 3 aromatic rings. The zero-order valence-electron chi connectivity index (χ0n) is 20.9. The molecule has 0 aliphatic rings. The standard InChI is InChI=1S/C27H32O8S2/c1-36(28,29)34-21-20-32-26(22-35-37(2,30)31)18-19-33-27(23-12-6-3-7-13-23,24-14-8-4-9-15-24)25-16-10-5-11-17-25/h3-17,26H,18-22H2,1-2H3. The Morgan fingerprint density at radius 2 is 1.05 bits per heavy atom. The van der Waals surface area contributed by atoms with Gasteiger partial charge in [0, 0.05) is 0 Å². The Kier molecular flexibility index (Phi) is 10.4. The summed E-state index contributed by atoms with van der Waals surface area (Å²) >= 11 is 0. The van der Waals surface area contributed by atoms with Crippen molar-refractivity contribution in [3.8, 4) is 0 Å². The van der Waals surface area contributed by atoms with Crippen molar-refractivity contribution < 1.29 is 34.7 Å². The number of benzene rings is 3. The Balaban J connectivity index is 1.86. The first-order chi connectivity index (χ1) is 17.6. The molecule has 1 atom stereocenters. The van der Waals surface area contributed by atoms with Gasteiger partial charge in [-0.15, -0.1) is 0 Å². The summed E-state index contributed by atoms with van der Waals surface area (Å²) in [6, 6.07) is 29.5. The first-order valence-electron chi connectivity index (χ1n) is 11.7. The normalized spacial score (nSPS) is 13.4. The Morgan fingerprint density at radius 3 is 1.46 bits per heavy atom. The molecule has 0 radical (unpaired) electrons. The van der Waals surface area contributed by atoms with E-state index in [0.717, 1.165) is 29.2 Å². The van der Waals surface area contributed by atoms with Crippen molar-refractivity contribution in [2.75, 3.05) is 38.9 Å². The van der Waals surface area contributed by atoms with Gasteiger partial charge in [0.05, 0.1) is 45.0 Å². The van der Waals surface area contributed by atoms with Gasteiger partial charge in [-0.25, -0.2) is 0 Å². The molecule has 0 N–H and O–H groups in total. The predicted molar refractivity (Wildman–Crippen MR) is 141 cm³/mol. The second-order valence-electron chi connectivity index (χ2n) is 8.42. The van der Waals surface area contributed by atoms with Crippen molar-refractivity contribution in [2.24, 2.45) is 0 Å². The van der Waals surface area contributed by atoms with Gasteiger partial charge in [0.2, 0.25) is 0 Å². The molecule has 0 amide bonds. The van der Waals surface area contributed by atoms with Gasteiger partial charge < -0.3 is 9.47 Å². The average molecular weight is 549 g/mol. The van der Waals surface area contributed by atoms with Crippen molar-refractivity contribution in [3.63, 3.8) is 0 Å². The second-order valence-corrected chi connectivity index (χ2v) is 11.7. The van der Waals surface area contributed by atoms with Crippen molar-refractivity contribution in [3.05, 3.63) is 108 Å². The molecule has 0 saturated heterocycles. The van der Waals surface area contributed by atoms with Gasteiger partial charge in [0.15, 0.2) is 0 Å². The number of hydrogen-bond acceptors (Lipinski definition) is 8. The van der Waals surface area contributed by atoms with Crippen molar-refractivity contribution in [1.29, 1.82) is 0 Å². The van der Waals surface area contributed by atoms with Crippen LogP contribution >= 0.6 is 0 Å². The molecule has 0 aliphatic heterocycles. The molecule has 0 aliphatic carbocycles. The molecule has 37 heavy (non-hydrogen) atoms. The lowest BCUT2D eigenvalue weighted by Gasteiger charge is -2.36. The van der Waals surface area contributed by atoms with Crippen LogP contribution in [0.15, 0.2) is 91.0 Å². The number of rotatable bonds is 15. The highest BCUT2D eigenvalue weighted by Crippen LogP contribution is 2.40. The van der Waals surface area contributed by atoms with E-state index in [9.17, 15) is 16.8 Å². The summed E-state index contributed by atoms with van der Waals surface area (Å²) in [5, 5.41) is 0. The van der Waals surface area contributed by atoms with Gasteiger partial charge in [0.25, 0.3) is 20.2 Å². The molecule has 0 fully saturated rings. The van der Waals surface area contributed by atoms with Crippen LogP contribution in [0.25, 0.3) is 0 Å². The highest BCUT2D eigenvalue weighted by molar-refractivity contribution is 7.86. The Morgan fingerprint density at radius 1 is 0.622 bits per heavy atom.